The number of nitrogens with zero attached hydrogens (tertiary/aromatic N) is 1. The molecule has 1 aliphatic rings. The highest BCUT2D eigenvalue weighted by Crippen LogP contribution is 2.14. The Balaban J connectivity index is 2.76. The summed E-state index contributed by atoms with van der Waals surface area (Å²) in [6, 6.07) is -0.391. The molecular formula is C12H22N2O3. The predicted molar refractivity (Wildman–Crippen MR) is 64.5 cm³/mol. The van der Waals surface area contributed by atoms with Crippen molar-refractivity contribution >= 4 is 11.8 Å². The Kier molecular flexibility index (Phi) is 4.51. The van der Waals surface area contributed by atoms with E-state index >= 15 is 0 Å². The van der Waals surface area contributed by atoms with Crippen LogP contribution in [0, 0.1) is 0 Å². The van der Waals surface area contributed by atoms with E-state index in [0.717, 1.165) is 0 Å². The summed E-state index contributed by atoms with van der Waals surface area (Å²) in [5, 5.41) is 2.74. The van der Waals surface area contributed by atoms with Gasteiger partial charge in [-0.1, -0.05) is 6.92 Å². The van der Waals surface area contributed by atoms with Gasteiger partial charge in [0.1, 0.15) is 6.04 Å². The zero-order valence-electron chi connectivity index (χ0n) is 11.1. The van der Waals surface area contributed by atoms with Gasteiger partial charge in [-0.05, 0) is 20.3 Å². The van der Waals surface area contributed by atoms with Crippen LogP contribution in [0.2, 0.25) is 0 Å². The Morgan fingerprint density at radius 1 is 1.47 bits per heavy atom. The SMILES string of the molecule is CCC1NC(=O)CCN(CC(C)(C)OC)C1=O. The molecule has 1 saturated heterocycles. The van der Waals surface area contributed by atoms with Crippen LogP contribution < -0.4 is 5.32 Å². The molecule has 98 valence electrons. The smallest absolute Gasteiger partial charge is 0.245 e. The van der Waals surface area contributed by atoms with Gasteiger partial charge in [0.25, 0.3) is 0 Å². The van der Waals surface area contributed by atoms with Gasteiger partial charge in [-0.15, -0.1) is 0 Å². The number of nitrogens with one attached hydrogen (secondary N) is 1. The van der Waals surface area contributed by atoms with Crippen LogP contribution in [0.1, 0.15) is 33.6 Å². The molecule has 0 spiro atoms. The van der Waals surface area contributed by atoms with Crippen LogP contribution in [-0.2, 0) is 14.3 Å². The zero-order chi connectivity index (χ0) is 13.1. The molecule has 2 amide bonds. The molecule has 1 fully saturated rings. The second-order valence-corrected chi connectivity index (χ2v) is 5.00. The van der Waals surface area contributed by atoms with Gasteiger partial charge in [-0.2, -0.15) is 0 Å². The summed E-state index contributed by atoms with van der Waals surface area (Å²) >= 11 is 0. The van der Waals surface area contributed by atoms with Crippen molar-refractivity contribution in [2.24, 2.45) is 0 Å². The summed E-state index contributed by atoms with van der Waals surface area (Å²) in [5.41, 5.74) is -0.388. The van der Waals surface area contributed by atoms with Crippen molar-refractivity contribution in [2.75, 3.05) is 20.2 Å². The Labute approximate surface area is 102 Å². The van der Waals surface area contributed by atoms with Crippen molar-refractivity contribution in [2.45, 2.75) is 45.3 Å². The fourth-order valence-corrected chi connectivity index (χ4v) is 1.85. The molecule has 1 heterocycles. The second-order valence-electron chi connectivity index (χ2n) is 5.00. The standard InChI is InChI=1S/C12H22N2O3/c1-5-9-11(16)14(7-6-10(15)13-9)8-12(2,3)17-4/h9H,5-8H2,1-4H3,(H,13,15). The molecule has 0 bridgehead atoms. The van der Waals surface area contributed by atoms with Crippen molar-refractivity contribution in [1.82, 2.24) is 10.2 Å². The lowest BCUT2D eigenvalue weighted by molar-refractivity contribution is -0.136. The maximum Gasteiger partial charge on any atom is 0.245 e. The molecule has 0 aromatic carbocycles. The van der Waals surface area contributed by atoms with Gasteiger partial charge in [0.15, 0.2) is 0 Å². The first kappa shape index (κ1) is 14.0. The topological polar surface area (TPSA) is 58.6 Å². The van der Waals surface area contributed by atoms with E-state index in [2.05, 4.69) is 5.32 Å². The Morgan fingerprint density at radius 2 is 2.12 bits per heavy atom. The molecule has 5 heteroatoms. The normalized spacial score (nSPS) is 22.4. The lowest BCUT2D eigenvalue weighted by Gasteiger charge is -2.32. The summed E-state index contributed by atoms with van der Waals surface area (Å²) in [6.45, 7) is 6.73. The zero-order valence-corrected chi connectivity index (χ0v) is 11.1. The van der Waals surface area contributed by atoms with Crippen LogP contribution in [-0.4, -0.2) is 48.6 Å². The highest BCUT2D eigenvalue weighted by molar-refractivity contribution is 5.89. The molecule has 0 saturated carbocycles. The molecule has 1 unspecified atom stereocenters. The number of carbonyl (C=O) groups excluding carboxylic acids is 2. The third kappa shape index (κ3) is 3.70. The predicted octanol–water partition coefficient (Wildman–Crippen LogP) is 0.538. The third-order valence-corrected chi connectivity index (χ3v) is 3.09. The molecule has 0 aromatic rings. The van der Waals surface area contributed by atoms with Gasteiger partial charge in [0.05, 0.1) is 5.60 Å². The van der Waals surface area contributed by atoms with Crippen LogP contribution >= 0.6 is 0 Å². The first-order chi connectivity index (χ1) is 7.89. The van der Waals surface area contributed by atoms with Crippen molar-refractivity contribution in [3.63, 3.8) is 0 Å². The van der Waals surface area contributed by atoms with Gasteiger partial charge >= 0.3 is 0 Å². The van der Waals surface area contributed by atoms with Crippen molar-refractivity contribution in [3.05, 3.63) is 0 Å². The van der Waals surface area contributed by atoms with E-state index in [9.17, 15) is 9.59 Å². The lowest BCUT2D eigenvalue weighted by Crippen LogP contribution is -2.49. The maximum absolute atomic E-state index is 12.2. The van der Waals surface area contributed by atoms with E-state index in [-0.39, 0.29) is 17.4 Å². The molecule has 1 aliphatic heterocycles. The van der Waals surface area contributed by atoms with Gasteiger partial charge in [0.2, 0.25) is 11.8 Å². The van der Waals surface area contributed by atoms with E-state index in [1.54, 1.807) is 12.0 Å². The lowest BCUT2D eigenvalue weighted by atomic mass is 10.1. The molecular weight excluding hydrogens is 220 g/mol. The minimum Gasteiger partial charge on any atom is -0.377 e. The minimum absolute atomic E-state index is 0.0107. The number of methoxy groups -OCH3 is 1. The van der Waals surface area contributed by atoms with Crippen molar-refractivity contribution in [1.29, 1.82) is 0 Å². The van der Waals surface area contributed by atoms with Crippen LogP contribution in [0.15, 0.2) is 0 Å². The minimum atomic E-state index is -0.391. The number of amides is 2. The maximum atomic E-state index is 12.2. The van der Waals surface area contributed by atoms with E-state index in [4.69, 9.17) is 4.74 Å². The molecule has 5 nitrogen and oxygen atoms in total. The molecule has 1 atom stereocenters. The van der Waals surface area contributed by atoms with Crippen LogP contribution in [0.4, 0.5) is 0 Å². The number of hydrogen-bond donors (Lipinski definition) is 1. The highest BCUT2D eigenvalue weighted by Gasteiger charge is 2.32. The number of ether oxygens (including phenoxy) is 1. The summed E-state index contributed by atoms with van der Waals surface area (Å²) < 4.78 is 5.33. The second kappa shape index (κ2) is 5.49. The number of rotatable bonds is 4. The third-order valence-electron chi connectivity index (χ3n) is 3.09. The summed E-state index contributed by atoms with van der Waals surface area (Å²) in [7, 11) is 1.63. The monoisotopic (exact) mass is 242 g/mol. The summed E-state index contributed by atoms with van der Waals surface area (Å²) in [6.07, 6.45) is 0.983. The van der Waals surface area contributed by atoms with Gasteiger partial charge in [-0.25, -0.2) is 0 Å². The van der Waals surface area contributed by atoms with Crippen molar-refractivity contribution < 1.29 is 14.3 Å². The average molecular weight is 242 g/mol. The van der Waals surface area contributed by atoms with E-state index in [1.807, 2.05) is 20.8 Å². The van der Waals surface area contributed by atoms with E-state index < -0.39 is 6.04 Å². The Bertz CT molecular complexity index is 302. The molecule has 0 aromatic heterocycles. The Morgan fingerprint density at radius 3 is 2.65 bits per heavy atom. The molecule has 1 N–H and O–H groups in total. The number of hydrogen-bond acceptors (Lipinski definition) is 3. The summed E-state index contributed by atoms with van der Waals surface area (Å²) in [4.78, 5) is 25.3. The van der Waals surface area contributed by atoms with Crippen molar-refractivity contribution in [3.8, 4) is 0 Å². The summed E-state index contributed by atoms with van der Waals surface area (Å²) in [5.74, 6) is -0.0635. The average Bonchev–Trinajstić information content (AvgIpc) is 2.41. The fraction of sp³-hybridized carbons (Fsp3) is 0.833. The fourth-order valence-electron chi connectivity index (χ4n) is 1.85. The molecule has 17 heavy (non-hydrogen) atoms. The number of carbonyl (C=O) groups is 2. The molecule has 1 rings (SSSR count). The largest absolute Gasteiger partial charge is 0.377 e. The Hall–Kier alpha value is -1.10. The van der Waals surface area contributed by atoms with Crippen LogP contribution in [0.25, 0.3) is 0 Å². The highest BCUT2D eigenvalue weighted by atomic mass is 16.5. The first-order valence-corrected chi connectivity index (χ1v) is 6.03. The molecule has 0 radical (unpaired) electrons. The molecule has 0 aliphatic carbocycles. The van der Waals surface area contributed by atoms with Gasteiger partial charge in [0, 0.05) is 26.6 Å². The van der Waals surface area contributed by atoms with Gasteiger partial charge < -0.3 is 15.0 Å². The van der Waals surface area contributed by atoms with Crippen LogP contribution in [0.3, 0.4) is 0 Å². The van der Waals surface area contributed by atoms with E-state index in [1.165, 1.54) is 0 Å². The quantitative estimate of drug-likeness (QED) is 0.782. The first-order valence-electron chi connectivity index (χ1n) is 6.03. The van der Waals surface area contributed by atoms with E-state index in [0.29, 0.717) is 25.9 Å². The van der Waals surface area contributed by atoms with Crippen LogP contribution in [0.5, 0.6) is 0 Å². The van der Waals surface area contributed by atoms with Gasteiger partial charge in [-0.3, -0.25) is 9.59 Å².